The number of carbonyl (C=O) groups excluding carboxylic acids is 1. The number of amides is 1. The first-order valence-electron chi connectivity index (χ1n) is 6.60. The number of carboxylic acids is 1. The van der Waals surface area contributed by atoms with Gasteiger partial charge in [0.05, 0.1) is 0 Å². The summed E-state index contributed by atoms with van der Waals surface area (Å²) in [6, 6.07) is 4.15. The summed E-state index contributed by atoms with van der Waals surface area (Å²) >= 11 is 0. The van der Waals surface area contributed by atoms with Crippen molar-refractivity contribution in [2.45, 2.75) is 32.7 Å². The lowest BCUT2D eigenvalue weighted by Gasteiger charge is -2.22. The first-order valence-corrected chi connectivity index (χ1v) is 6.60. The summed E-state index contributed by atoms with van der Waals surface area (Å²) in [5, 5.41) is 11.2. The summed E-state index contributed by atoms with van der Waals surface area (Å²) in [7, 11) is 0. The van der Waals surface area contributed by atoms with Gasteiger partial charge in [-0.25, -0.2) is 0 Å². The molecule has 0 spiro atoms. The van der Waals surface area contributed by atoms with Gasteiger partial charge in [-0.3, -0.25) is 14.4 Å². The Bertz CT molecular complexity index is 522. The first-order chi connectivity index (χ1) is 9.43. The quantitative estimate of drug-likeness (QED) is 0.730. The number of hydrogen-bond donors (Lipinski definition) is 2. The second-order valence-corrected chi connectivity index (χ2v) is 4.92. The van der Waals surface area contributed by atoms with Gasteiger partial charge < -0.3 is 15.0 Å². The fourth-order valence-corrected chi connectivity index (χ4v) is 1.98. The van der Waals surface area contributed by atoms with Crippen LogP contribution >= 0.6 is 0 Å². The molecular weight excluding hydrogens is 260 g/mol. The number of aromatic nitrogens is 1. The van der Waals surface area contributed by atoms with E-state index in [-0.39, 0.29) is 30.3 Å². The predicted molar refractivity (Wildman–Crippen MR) is 74.5 cm³/mol. The van der Waals surface area contributed by atoms with Crippen LogP contribution in [0.15, 0.2) is 29.2 Å². The van der Waals surface area contributed by atoms with Crippen molar-refractivity contribution >= 4 is 11.9 Å². The lowest BCUT2D eigenvalue weighted by Crippen LogP contribution is -2.39. The van der Waals surface area contributed by atoms with E-state index in [1.807, 2.05) is 13.8 Å². The number of aliphatic carboxylic acids is 1. The molecule has 110 valence electrons. The Balaban J connectivity index is 2.72. The molecule has 1 amide bonds. The maximum Gasteiger partial charge on any atom is 0.303 e. The Morgan fingerprint density at radius 2 is 2.05 bits per heavy atom. The van der Waals surface area contributed by atoms with Gasteiger partial charge in [0, 0.05) is 25.2 Å². The van der Waals surface area contributed by atoms with E-state index in [1.165, 1.54) is 10.6 Å². The zero-order valence-electron chi connectivity index (χ0n) is 11.7. The normalized spacial score (nSPS) is 12.2. The Hall–Kier alpha value is -2.11. The number of pyridine rings is 1. The highest BCUT2D eigenvalue weighted by molar-refractivity contribution is 5.80. The molecule has 1 rings (SSSR count). The van der Waals surface area contributed by atoms with Crippen LogP contribution in [0, 0.1) is 5.92 Å². The third-order valence-electron chi connectivity index (χ3n) is 2.92. The van der Waals surface area contributed by atoms with Crippen molar-refractivity contribution in [1.82, 2.24) is 9.88 Å². The van der Waals surface area contributed by atoms with E-state index in [4.69, 9.17) is 5.11 Å². The molecule has 6 heteroatoms. The SMILES string of the molecule is CC(C)C(C(=O)NCCCC(=O)O)n1ccccc1=O. The lowest BCUT2D eigenvalue weighted by atomic mass is 10.0. The molecule has 2 N–H and O–H groups in total. The van der Waals surface area contributed by atoms with Crippen LogP contribution in [0.5, 0.6) is 0 Å². The van der Waals surface area contributed by atoms with Gasteiger partial charge >= 0.3 is 5.97 Å². The van der Waals surface area contributed by atoms with Crippen molar-refractivity contribution in [3.05, 3.63) is 34.7 Å². The van der Waals surface area contributed by atoms with Crippen LogP contribution in [0.25, 0.3) is 0 Å². The summed E-state index contributed by atoms with van der Waals surface area (Å²) in [4.78, 5) is 34.4. The van der Waals surface area contributed by atoms with E-state index >= 15 is 0 Å². The van der Waals surface area contributed by atoms with Crippen molar-refractivity contribution < 1.29 is 14.7 Å². The Morgan fingerprint density at radius 1 is 1.35 bits per heavy atom. The number of carboxylic acid groups (broad SMARTS) is 1. The van der Waals surface area contributed by atoms with Crippen molar-refractivity contribution in [1.29, 1.82) is 0 Å². The molecular formula is C14H20N2O4. The maximum absolute atomic E-state index is 12.2. The van der Waals surface area contributed by atoms with Crippen LogP contribution in [-0.4, -0.2) is 28.1 Å². The summed E-state index contributed by atoms with van der Waals surface area (Å²) < 4.78 is 1.40. The molecule has 0 bridgehead atoms. The number of rotatable bonds is 7. The van der Waals surface area contributed by atoms with Crippen LogP contribution in [-0.2, 0) is 9.59 Å². The van der Waals surface area contributed by atoms with E-state index in [9.17, 15) is 14.4 Å². The molecule has 6 nitrogen and oxygen atoms in total. The van der Waals surface area contributed by atoms with Crippen LogP contribution in [0.3, 0.4) is 0 Å². The minimum Gasteiger partial charge on any atom is -0.481 e. The molecule has 1 unspecified atom stereocenters. The fraction of sp³-hybridized carbons (Fsp3) is 0.500. The van der Waals surface area contributed by atoms with Crippen molar-refractivity contribution in [3.8, 4) is 0 Å². The lowest BCUT2D eigenvalue weighted by molar-refractivity contribution is -0.137. The third kappa shape index (κ3) is 4.53. The van der Waals surface area contributed by atoms with Crippen LogP contribution in [0.1, 0.15) is 32.7 Å². The largest absolute Gasteiger partial charge is 0.481 e. The average molecular weight is 280 g/mol. The monoisotopic (exact) mass is 280 g/mol. The van der Waals surface area contributed by atoms with Crippen LogP contribution in [0.4, 0.5) is 0 Å². The van der Waals surface area contributed by atoms with E-state index in [2.05, 4.69) is 5.32 Å². The maximum atomic E-state index is 12.2. The van der Waals surface area contributed by atoms with Gasteiger partial charge in [-0.05, 0) is 18.4 Å². The van der Waals surface area contributed by atoms with Crippen molar-refractivity contribution in [2.75, 3.05) is 6.54 Å². The molecule has 1 atom stereocenters. The zero-order chi connectivity index (χ0) is 15.1. The fourth-order valence-electron chi connectivity index (χ4n) is 1.98. The van der Waals surface area contributed by atoms with Crippen molar-refractivity contribution in [2.24, 2.45) is 5.92 Å². The van der Waals surface area contributed by atoms with Gasteiger partial charge in [0.25, 0.3) is 5.56 Å². The molecule has 1 aromatic rings. The zero-order valence-corrected chi connectivity index (χ0v) is 11.7. The van der Waals surface area contributed by atoms with Gasteiger partial charge in [0.2, 0.25) is 5.91 Å². The number of nitrogens with zero attached hydrogens (tertiary/aromatic N) is 1. The van der Waals surface area contributed by atoms with E-state index in [0.29, 0.717) is 6.42 Å². The van der Waals surface area contributed by atoms with Gasteiger partial charge in [-0.15, -0.1) is 0 Å². The van der Waals surface area contributed by atoms with Gasteiger partial charge in [0.1, 0.15) is 6.04 Å². The topological polar surface area (TPSA) is 88.4 Å². The molecule has 0 aliphatic carbocycles. The van der Waals surface area contributed by atoms with Crippen molar-refractivity contribution in [3.63, 3.8) is 0 Å². The highest BCUT2D eigenvalue weighted by Gasteiger charge is 2.24. The highest BCUT2D eigenvalue weighted by atomic mass is 16.4. The molecule has 0 aromatic carbocycles. The molecule has 0 aliphatic heterocycles. The van der Waals surface area contributed by atoms with E-state index in [0.717, 1.165) is 0 Å². The van der Waals surface area contributed by atoms with Gasteiger partial charge in [-0.1, -0.05) is 19.9 Å². The van der Waals surface area contributed by atoms with E-state index < -0.39 is 12.0 Å². The van der Waals surface area contributed by atoms with Crippen LogP contribution in [0.2, 0.25) is 0 Å². The molecule has 0 aliphatic rings. The highest BCUT2D eigenvalue weighted by Crippen LogP contribution is 2.15. The van der Waals surface area contributed by atoms with Gasteiger partial charge in [0.15, 0.2) is 0 Å². The molecule has 0 radical (unpaired) electrons. The molecule has 1 aromatic heterocycles. The Kier molecular flexibility index (Phi) is 5.96. The number of hydrogen-bond acceptors (Lipinski definition) is 3. The minimum atomic E-state index is -0.890. The molecule has 0 saturated heterocycles. The minimum absolute atomic E-state index is 0.0118. The number of nitrogens with one attached hydrogen (secondary N) is 1. The predicted octanol–water partition coefficient (Wildman–Crippen LogP) is 1.03. The molecule has 0 fully saturated rings. The second kappa shape index (κ2) is 7.47. The summed E-state index contributed by atoms with van der Waals surface area (Å²) in [6.45, 7) is 4.01. The summed E-state index contributed by atoms with van der Waals surface area (Å²) in [5.41, 5.74) is -0.230. The van der Waals surface area contributed by atoms with Crippen LogP contribution < -0.4 is 10.9 Å². The summed E-state index contributed by atoms with van der Waals surface area (Å²) in [5.74, 6) is -1.20. The molecule has 20 heavy (non-hydrogen) atoms. The smallest absolute Gasteiger partial charge is 0.303 e. The third-order valence-corrected chi connectivity index (χ3v) is 2.92. The standard InChI is InChI=1S/C14H20N2O4/c1-10(2)13(16-9-4-3-6-11(16)17)14(20)15-8-5-7-12(18)19/h3-4,6,9-10,13H,5,7-8H2,1-2H3,(H,15,20)(H,18,19). The Labute approximate surface area is 117 Å². The van der Waals surface area contributed by atoms with Gasteiger partial charge in [-0.2, -0.15) is 0 Å². The van der Waals surface area contributed by atoms with E-state index in [1.54, 1.807) is 18.3 Å². The Morgan fingerprint density at radius 3 is 2.60 bits per heavy atom. The first kappa shape index (κ1) is 15.9. The summed E-state index contributed by atoms with van der Waals surface area (Å²) in [6.07, 6.45) is 1.97. The molecule has 0 saturated carbocycles. The average Bonchev–Trinajstić information content (AvgIpc) is 2.36. The molecule has 1 heterocycles. The second-order valence-electron chi connectivity index (χ2n) is 4.92. The number of carbonyl (C=O) groups is 2.